The summed E-state index contributed by atoms with van der Waals surface area (Å²) in [5.74, 6) is -1.66. The number of hydrogen-bond donors (Lipinski definition) is 1. The molecule has 0 aromatic heterocycles. The zero-order chi connectivity index (χ0) is 21.0. The van der Waals surface area contributed by atoms with Crippen molar-refractivity contribution < 1.29 is 27.5 Å². The van der Waals surface area contributed by atoms with Gasteiger partial charge in [0.15, 0.2) is 16.4 Å². The van der Waals surface area contributed by atoms with E-state index in [9.17, 15) is 22.8 Å². The lowest BCUT2D eigenvalue weighted by molar-refractivity contribution is -0.150. The van der Waals surface area contributed by atoms with Crippen LogP contribution in [0.2, 0.25) is 0 Å². The Morgan fingerprint density at radius 2 is 1.83 bits per heavy atom. The summed E-state index contributed by atoms with van der Waals surface area (Å²) >= 11 is 0. The van der Waals surface area contributed by atoms with E-state index < -0.39 is 34.2 Å². The third-order valence-electron chi connectivity index (χ3n) is 4.80. The molecule has 2 amide bonds. The van der Waals surface area contributed by atoms with Crippen LogP contribution in [0, 0.1) is 0 Å². The molecule has 0 radical (unpaired) electrons. The lowest BCUT2D eigenvalue weighted by Crippen LogP contribution is -2.45. The van der Waals surface area contributed by atoms with Gasteiger partial charge in [-0.3, -0.25) is 9.59 Å². The minimum atomic E-state index is -3.13. The van der Waals surface area contributed by atoms with Crippen molar-refractivity contribution in [3.63, 3.8) is 0 Å². The van der Waals surface area contributed by atoms with Gasteiger partial charge in [-0.2, -0.15) is 0 Å². The molecule has 9 heteroatoms. The summed E-state index contributed by atoms with van der Waals surface area (Å²) in [6, 6.07) is 8.56. The van der Waals surface area contributed by atoms with Gasteiger partial charge in [0.25, 0.3) is 5.91 Å². The number of sulfone groups is 1. The summed E-state index contributed by atoms with van der Waals surface area (Å²) in [6.07, 6.45) is 3.52. The molecule has 1 aromatic rings. The van der Waals surface area contributed by atoms with Gasteiger partial charge < -0.3 is 15.0 Å². The van der Waals surface area contributed by atoms with Gasteiger partial charge in [-0.1, -0.05) is 30.3 Å². The van der Waals surface area contributed by atoms with Gasteiger partial charge in [0.2, 0.25) is 5.91 Å². The van der Waals surface area contributed by atoms with Crippen LogP contribution in [0.1, 0.15) is 31.7 Å². The van der Waals surface area contributed by atoms with Crippen LogP contribution in [0.3, 0.4) is 0 Å². The third-order valence-corrected chi connectivity index (χ3v) is 6.55. The Bertz CT molecular complexity index is 922. The van der Waals surface area contributed by atoms with E-state index in [4.69, 9.17) is 4.74 Å². The van der Waals surface area contributed by atoms with Crippen molar-refractivity contribution in [2.75, 3.05) is 18.1 Å². The number of carbonyl (C=O) groups is 3. The Labute approximate surface area is 169 Å². The molecule has 8 nitrogen and oxygen atoms in total. The number of esters is 1. The highest BCUT2D eigenvalue weighted by molar-refractivity contribution is 7.91. The molecular weight excluding hydrogens is 396 g/mol. The van der Waals surface area contributed by atoms with E-state index in [1.54, 1.807) is 29.2 Å². The van der Waals surface area contributed by atoms with Crippen molar-refractivity contribution in [2.45, 2.75) is 38.3 Å². The van der Waals surface area contributed by atoms with Crippen molar-refractivity contribution in [3.05, 3.63) is 41.6 Å². The van der Waals surface area contributed by atoms with Crippen LogP contribution >= 0.6 is 0 Å². The normalized spacial score (nSPS) is 20.7. The molecule has 0 bridgehead atoms. The largest absolute Gasteiger partial charge is 0.451 e. The third kappa shape index (κ3) is 5.90. The van der Waals surface area contributed by atoms with Gasteiger partial charge in [0, 0.05) is 19.0 Å². The summed E-state index contributed by atoms with van der Waals surface area (Å²) in [5.41, 5.74) is 0.619. The number of benzene rings is 1. The molecule has 3 rings (SSSR count). The molecule has 1 aliphatic heterocycles. The second-order valence-electron chi connectivity index (χ2n) is 7.32. The van der Waals surface area contributed by atoms with Crippen LogP contribution in [0.4, 0.5) is 0 Å². The zero-order valence-corrected chi connectivity index (χ0v) is 17.0. The SMILES string of the molecule is CC(=O)N/C(=C\c1ccccc1)C(=O)OCC(=O)N(C1CC1)[C@H]1CCS(=O)(=O)C1. The van der Waals surface area contributed by atoms with Crippen LogP contribution in [0.5, 0.6) is 0 Å². The van der Waals surface area contributed by atoms with E-state index in [0.717, 1.165) is 12.8 Å². The fourth-order valence-electron chi connectivity index (χ4n) is 3.38. The quantitative estimate of drug-likeness (QED) is 0.518. The van der Waals surface area contributed by atoms with Gasteiger partial charge >= 0.3 is 5.97 Å². The average molecular weight is 420 g/mol. The highest BCUT2D eigenvalue weighted by Crippen LogP contribution is 2.32. The topological polar surface area (TPSA) is 110 Å². The highest BCUT2D eigenvalue weighted by atomic mass is 32.2. The monoisotopic (exact) mass is 420 g/mol. The summed E-state index contributed by atoms with van der Waals surface area (Å²) in [6.45, 7) is 0.768. The van der Waals surface area contributed by atoms with Gasteiger partial charge in [0.05, 0.1) is 11.5 Å². The van der Waals surface area contributed by atoms with Crippen molar-refractivity contribution in [2.24, 2.45) is 0 Å². The Kier molecular flexibility index (Phi) is 6.36. The Hall–Kier alpha value is -2.68. The average Bonchev–Trinajstić information content (AvgIpc) is 3.42. The fourth-order valence-corrected chi connectivity index (χ4v) is 5.10. The molecule has 0 spiro atoms. The first kappa shape index (κ1) is 21.0. The molecule has 1 aromatic carbocycles. The van der Waals surface area contributed by atoms with E-state index in [1.165, 1.54) is 13.0 Å². The molecule has 1 N–H and O–H groups in total. The molecule has 1 heterocycles. The number of nitrogens with one attached hydrogen (secondary N) is 1. The van der Waals surface area contributed by atoms with Gasteiger partial charge in [-0.05, 0) is 30.9 Å². The Balaban J connectivity index is 1.66. The van der Waals surface area contributed by atoms with Crippen LogP contribution in [-0.2, 0) is 29.0 Å². The summed E-state index contributed by atoms with van der Waals surface area (Å²) < 4.78 is 28.7. The lowest BCUT2D eigenvalue weighted by atomic mass is 10.2. The Morgan fingerprint density at radius 1 is 1.14 bits per heavy atom. The first-order valence-corrected chi connectivity index (χ1v) is 11.3. The molecule has 1 saturated carbocycles. The van der Waals surface area contributed by atoms with Crippen LogP contribution in [0.25, 0.3) is 6.08 Å². The van der Waals surface area contributed by atoms with Crippen LogP contribution in [-0.4, -0.2) is 61.3 Å². The summed E-state index contributed by atoms with van der Waals surface area (Å²) in [7, 11) is -3.13. The van der Waals surface area contributed by atoms with Crippen LogP contribution < -0.4 is 5.32 Å². The number of nitrogens with zero attached hydrogens (tertiary/aromatic N) is 1. The lowest BCUT2D eigenvalue weighted by Gasteiger charge is -2.28. The van der Waals surface area contributed by atoms with E-state index in [-0.39, 0.29) is 29.3 Å². The van der Waals surface area contributed by atoms with Crippen molar-refractivity contribution in [3.8, 4) is 0 Å². The first-order valence-electron chi connectivity index (χ1n) is 9.48. The molecule has 2 fully saturated rings. The summed E-state index contributed by atoms with van der Waals surface area (Å²) in [4.78, 5) is 38.1. The van der Waals surface area contributed by atoms with Crippen molar-refractivity contribution in [1.29, 1.82) is 0 Å². The van der Waals surface area contributed by atoms with Gasteiger partial charge in [-0.15, -0.1) is 0 Å². The minimum absolute atomic E-state index is 0.00850. The maximum absolute atomic E-state index is 12.7. The standard InChI is InChI=1S/C20H24N2O6S/c1-14(23)21-18(11-15-5-3-2-4-6-15)20(25)28-12-19(24)22(16-7-8-16)17-9-10-29(26,27)13-17/h2-6,11,16-17H,7-10,12-13H2,1H3,(H,21,23)/b18-11-/t17-/m0/s1. The maximum atomic E-state index is 12.7. The highest BCUT2D eigenvalue weighted by Gasteiger charge is 2.42. The van der Waals surface area contributed by atoms with Gasteiger partial charge in [0.1, 0.15) is 5.70 Å². The Morgan fingerprint density at radius 3 is 2.38 bits per heavy atom. The van der Waals surface area contributed by atoms with E-state index >= 15 is 0 Å². The molecule has 1 saturated heterocycles. The van der Waals surface area contributed by atoms with Crippen LogP contribution in [0.15, 0.2) is 36.0 Å². The van der Waals surface area contributed by atoms with Gasteiger partial charge in [-0.25, -0.2) is 13.2 Å². The predicted octanol–water partition coefficient (Wildman–Crippen LogP) is 0.885. The first-order chi connectivity index (χ1) is 13.7. The second kappa shape index (κ2) is 8.77. The zero-order valence-electron chi connectivity index (χ0n) is 16.2. The molecule has 0 unspecified atom stereocenters. The molecule has 1 aliphatic carbocycles. The second-order valence-corrected chi connectivity index (χ2v) is 9.54. The smallest absolute Gasteiger partial charge is 0.355 e. The predicted molar refractivity (Wildman–Crippen MR) is 106 cm³/mol. The van der Waals surface area contributed by atoms with E-state index in [2.05, 4.69) is 5.32 Å². The molecule has 1 atom stereocenters. The molecular formula is C20H24N2O6S. The maximum Gasteiger partial charge on any atom is 0.355 e. The van der Waals surface area contributed by atoms with Crippen molar-refractivity contribution >= 4 is 33.7 Å². The van der Waals surface area contributed by atoms with Crippen molar-refractivity contribution in [1.82, 2.24) is 10.2 Å². The number of carbonyl (C=O) groups excluding carboxylic acids is 3. The number of ether oxygens (including phenoxy) is 1. The van der Waals surface area contributed by atoms with E-state index in [1.807, 2.05) is 6.07 Å². The number of rotatable bonds is 7. The van der Waals surface area contributed by atoms with E-state index in [0.29, 0.717) is 12.0 Å². The molecule has 29 heavy (non-hydrogen) atoms. The minimum Gasteiger partial charge on any atom is -0.451 e. The molecule has 2 aliphatic rings. The number of hydrogen-bond acceptors (Lipinski definition) is 6. The molecule has 156 valence electrons. The number of amides is 2. The fraction of sp³-hybridized carbons (Fsp3) is 0.450. The summed E-state index contributed by atoms with van der Waals surface area (Å²) in [5, 5.41) is 2.43.